The van der Waals surface area contributed by atoms with E-state index in [1.165, 1.54) is 48.9 Å². The van der Waals surface area contributed by atoms with Crippen LogP contribution < -0.4 is 57.1 Å². The van der Waals surface area contributed by atoms with E-state index in [2.05, 4.69) is 413 Å². The molecular formula is C98H76B2N4OS. The molecule has 8 heteroatoms. The van der Waals surface area contributed by atoms with Gasteiger partial charge in [0.05, 0.1) is 22.7 Å². The normalized spacial score (nSPS) is 13.0. The smallest absolute Gasteiger partial charge is 0.253 e. The third kappa shape index (κ3) is 11.1. The summed E-state index contributed by atoms with van der Waals surface area (Å²) in [6.45, 7) is 13.5. The molecule has 19 rings (SSSR count). The Morgan fingerprint density at radius 1 is 0.292 bits per heavy atom. The Morgan fingerprint density at radius 3 is 1.39 bits per heavy atom. The molecule has 15 aromatic rings. The molecule has 15 aromatic carbocycles. The minimum Gasteiger partial charge on any atom is -0.458 e. The lowest BCUT2D eigenvalue weighted by Gasteiger charge is -2.46. The molecule has 0 amide bonds. The molecule has 4 aliphatic heterocycles. The standard InChI is InChI=1S/C98H76B2N4OS/c1-97(2,3)70-53-47-68(48-54-70)79-40-28-41-80(69-49-55-71(56-50-69)98(4,5)6)96(79)104-87-64-92-84(100-82-43-24-27-46-90(82)105-91-61-77(62-93(106-92)95(91)100)101(72-33-16-9-17-34-72)73-35-18-10-19-36-73)63-83(87)99-81-42-23-26-45-86(81)103(74-37-20-11-21-38-74)88-59-76(60-89(104)94(88)99)102(75-57-51-66(52-58-75)65-29-12-7-13-30-65)85-44-25-22-39-78(85)67-31-14-8-15-32-67/h7-64H,1-6H3. The van der Waals surface area contributed by atoms with Crippen LogP contribution in [0.4, 0.5) is 68.2 Å². The Morgan fingerprint density at radius 2 is 0.764 bits per heavy atom. The summed E-state index contributed by atoms with van der Waals surface area (Å²) in [6, 6.07) is 131. The maximum absolute atomic E-state index is 7.26. The SMILES string of the molecule is CC(C)(C)c1ccc(-c2cccc(-c3ccc(C(C)(C)C)cc3)c2N2c3cc4c(cc3B3c5ccccc5N(c5ccccc5)c5cc(N(c6ccc(-c7ccccc7)cc6)c6ccccc6-c6ccccc6)cc2c53)B2c3ccccc3Oc3cc(N(c5ccccc5)c5ccccc5)cc(c32)S4)cc1. The van der Waals surface area contributed by atoms with Crippen molar-refractivity contribution in [2.24, 2.45) is 0 Å². The molecule has 4 heterocycles. The molecule has 0 aliphatic carbocycles. The topological polar surface area (TPSA) is 22.2 Å². The highest BCUT2D eigenvalue weighted by molar-refractivity contribution is 8.00. The molecule has 0 saturated carbocycles. The number of nitrogens with zero attached hydrogens (tertiary/aromatic N) is 4. The van der Waals surface area contributed by atoms with E-state index in [9.17, 15) is 0 Å². The van der Waals surface area contributed by atoms with Gasteiger partial charge in [-0.3, -0.25) is 0 Å². The number of hydrogen-bond acceptors (Lipinski definition) is 6. The lowest BCUT2D eigenvalue weighted by molar-refractivity contribution is 0.486. The summed E-state index contributed by atoms with van der Waals surface area (Å²) in [4.78, 5) is 12.5. The third-order valence-electron chi connectivity index (χ3n) is 21.9. The Kier molecular flexibility index (Phi) is 15.8. The van der Waals surface area contributed by atoms with Gasteiger partial charge < -0.3 is 24.3 Å². The quantitative estimate of drug-likeness (QED) is 0.113. The summed E-state index contributed by atoms with van der Waals surface area (Å²) in [6.07, 6.45) is 0. The first-order valence-electron chi connectivity index (χ1n) is 36.9. The van der Waals surface area contributed by atoms with Crippen molar-refractivity contribution >= 4 is 126 Å². The van der Waals surface area contributed by atoms with Crippen LogP contribution in [0.25, 0.3) is 44.5 Å². The number of hydrogen-bond donors (Lipinski definition) is 0. The van der Waals surface area contributed by atoms with Crippen LogP contribution in [-0.2, 0) is 10.8 Å². The molecule has 5 nitrogen and oxygen atoms in total. The predicted molar refractivity (Wildman–Crippen MR) is 451 cm³/mol. The number of anilines is 12. The van der Waals surface area contributed by atoms with Crippen LogP contribution in [0.5, 0.6) is 11.5 Å². The zero-order valence-electron chi connectivity index (χ0n) is 60.2. The van der Waals surface area contributed by atoms with Gasteiger partial charge in [-0.1, -0.05) is 314 Å². The van der Waals surface area contributed by atoms with Crippen molar-refractivity contribution in [3.05, 3.63) is 363 Å². The van der Waals surface area contributed by atoms with E-state index in [4.69, 9.17) is 4.74 Å². The lowest BCUT2D eigenvalue weighted by Crippen LogP contribution is -2.64. The Hall–Kier alpha value is -12.2. The van der Waals surface area contributed by atoms with Crippen molar-refractivity contribution < 1.29 is 4.74 Å². The first kappa shape index (κ1) is 64.6. The van der Waals surface area contributed by atoms with Crippen LogP contribution in [0, 0.1) is 0 Å². The van der Waals surface area contributed by atoms with E-state index in [1.54, 1.807) is 0 Å². The number of para-hydroxylation sites is 7. The fourth-order valence-electron chi connectivity index (χ4n) is 16.8. The molecule has 0 aromatic heterocycles. The molecule has 0 saturated heterocycles. The van der Waals surface area contributed by atoms with Crippen molar-refractivity contribution in [2.75, 3.05) is 19.6 Å². The van der Waals surface area contributed by atoms with Gasteiger partial charge in [0.15, 0.2) is 0 Å². The second kappa shape index (κ2) is 25.9. The largest absolute Gasteiger partial charge is 0.458 e. The zero-order chi connectivity index (χ0) is 71.4. The molecule has 506 valence electrons. The highest BCUT2D eigenvalue weighted by Crippen LogP contribution is 2.55. The van der Waals surface area contributed by atoms with Gasteiger partial charge in [0, 0.05) is 78.0 Å². The molecule has 0 unspecified atom stereocenters. The zero-order valence-corrected chi connectivity index (χ0v) is 61.1. The van der Waals surface area contributed by atoms with Crippen LogP contribution in [0.1, 0.15) is 52.7 Å². The first-order valence-corrected chi connectivity index (χ1v) is 37.8. The number of rotatable bonds is 12. The molecule has 0 atom stereocenters. The van der Waals surface area contributed by atoms with Gasteiger partial charge in [-0.25, -0.2) is 0 Å². The van der Waals surface area contributed by atoms with Crippen molar-refractivity contribution in [1.82, 2.24) is 0 Å². The molecule has 0 N–H and O–H groups in total. The number of fused-ring (bicyclic) bond motifs is 8. The Balaban J connectivity index is 0.941. The van der Waals surface area contributed by atoms with Gasteiger partial charge in [-0.2, -0.15) is 0 Å². The fourth-order valence-corrected chi connectivity index (χ4v) is 18.0. The summed E-state index contributed by atoms with van der Waals surface area (Å²) in [7, 11) is 0. The molecule has 0 spiro atoms. The molecule has 0 bridgehead atoms. The van der Waals surface area contributed by atoms with Crippen LogP contribution in [-0.4, -0.2) is 13.4 Å². The summed E-state index contributed by atoms with van der Waals surface area (Å²) in [5, 5.41) is 0. The van der Waals surface area contributed by atoms with Gasteiger partial charge in [0.1, 0.15) is 11.5 Å². The highest BCUT2D eigenvalue weighted by Gasteiger charge is 2.48. The second-order valence-corrected chi connectivity index (χ2v) is 31.5. The second-order valence-electron chi connectivity index (χ2n) is 30.4. The maximum atomic E-state index is 7.26. The van der Waals surface area contributed by atoms with Crippen LogP contribution in [0.2, 0.25) is 0 Å². The van der Waals surface area contributed by atoms with Crippen LogP contribution in [0.15, 0.2) is 362 Å². The maximum Gasteiger partial charge on any atom is 0.253 e. The van der Waals surface area contributed by atoms with E-state index in [0.717, 1.165) is 129 Å². The third-order valence-corrected chi connectivity index (χ3v) is 23.0. The fraction of sp³-hybridized carbons (Fsp3) is 0.0816. The van der Waals surface area contributed by atoms with Gasteiger partial charge >= 0.3 is 0 Å². The van der Waals surface area contributed by atoms with Gasteiger partial charge in [0.2, 0.25) is 0 Å². The van der Waals surface area contributed by atoms with E-state index >= 15 is 0 Å². The van der Waals surface area contributed by atoms with Crippen molar-refractivity contribution in [3.63, 3.8) is 0 Å². The molecule has 0 fully saturated rings. The van der Waals surface area contributed by atoms with Crippen LogP contribution >= 0.6 is 11.8 Å². The molecule has 4 aliphatic rings. The minimum atomic E-state index is -0.233. The lowest BCUT2D eigenvalue weighted by atomic mass is 9.31. The number of ether oxygens (including phenoxy) is 1. The molecular weight excluding hydrogens is 1300 g/mol. The summed E-state index contributed by atoms with van der Waals surface area (Å²) < 4.78 is 7.26. The minimum absolute atomic E-state index is 0.0601. The van der Waals surface area contributed by atoms with Gasteiger partial charge in [-0.05, 0) is 168 Å². The Bertz CT molecular complexity index is 5750. The highest BCUT2D eigenvalue weighted by atomic mass is 32.2. The average Bonchev–Trinajstić information content (AvgIpc) is 0.689. The molecule has 106 heavy (non-hydrogen) atoms. The summed E-state index contributed by atoms with van der Waals surface area (Å²) in [5.74, 6) is 1.74. The van der Waals surface area contributed by atoms with Crippen LogP contribution in [0.3, 0.4) is 0 Å². The van der Waals surface area contributed by atoms with Crippen molar-refractivity contribution in [1.29, 1.82) is 0 Å². The predicted octanol–water partition coefficient (Wildman–Crippen LogP) is 23.1. The average molecular weight is 1380 g/mol. The summed E-state index contributed by atoms with van der Waals surface area (Å²) >= 11 is 1.87. The molecule has 0 radical (unpaired) electrons. The van der Waals surface area contributed by atoms with E-state index in [1.807, 2.05) is 11.8 Å². The van der Waals surface area contributed by atoms with E-state index < -0.39 is 0 Å². The van der Waals surface area contributed by atoms with Gasteiger partial charge in [-0.15, -0.1) is 0 Å². The van der Waals surface area contributed by atoms with Crippen molar-refractivity contribution in [3.8, 4) is 56.0 Å². The Labute approximate surface area is 627 Å². The van der Waals surface area contributed by atoms with E-state index in [-0.39, 0.29) is 24.3 Å². The summed E-state index contributed by atoms with van der Waals surface area (Å²) in [5.41, 5.74) is 31.8. The number of benzene rings is 15. The van der Waals surface area contributed by atoms with Gasteiger partial charge in [0.25, 0.3) is 13.4 Å². The van der Waals surface area contributed by atoms with E-state index in [0.29, 0.717) is 0 Å². The first-order chi connectivity index (χ1) is 51.9. The van der Waals surface area contributed by atoms with Crippen molar-refractivity contribution in [2.45, 2.75) is 62.2 Å². The monoisotopic (exact) mass is 1380 g/mol.